The van der Waals surface area contributed by atoms with Crippen molar-refractivity contribution in [2.75, 3.05) is 0 Å². The summed E-state index contributed by atoms with van der Waals surface area (Å²) >= 11 is 0. The fourth-order valence-corrected chi connectivity index (χ4v) is 1.49. The van der Waals surface area contributed by atoms with Crippen molar-refractivity contribution in [3.05, 3.63) is 47.5 Å². The molecule has 12 heavy (non-hydrogen) atoms. The SMILES string of the molecule is C/C=C\C(C)c1ccccc1C. The molecule has 0 aromatic heterocycles. The maximum atomic E-state index is 2.22. The molecule has 64 valence electrons. The molecule has 0 aliphatic rings. The fourth-order valence-electron chi connectivity index (χ4n) is 1.49. The van der Waals surface area contributed by atoms with Gasteiger partial charge in [0.15, 0.2) is 0 Å². The first-order chi connectivity index (χ1) is 5.75. The Morgan fingerprint density at radius 1 is 1.25 bits per heavy atom. The number of benzene rings is 1. The average molecular weight is 160 g/mol. The molecule has 0 nitrogen and oxygen atoms in total. The number of rotatable bonds is 2. The van der Waals surface area contributed by atoms with Crippen LogP contribution < -0.4 is 0 Å². The zero-order valence-corrected chi connectivity index (χ0v) is 8.04. The van der Waals surface area contributed by atoms with Crippen molar-refractivity contribution in [1.29, 1.82) is 0 Å². The van der Waals surface area contributed by atoms with Crippen LogP contribution in [0.1, 0.15) is 30.9 Å². The summed E-state index contributed by atoms with van der Waals surface area (Å²) in [6.45, 7) is 6.45. The van der Waals surface area contributed by atoms with Crippen LogP contribution in [0.15, 0.2) is 36.4 Å². The minimum Gasteiger partial charge on any atom is -0.0911 e. The topological polar surface area (TPSA) is 0 Å². The van der Waals surface area contributed by atoms with Gasteiger partial charge in [0.25, 0.3) is 0 Å². The van der Waals surface area contributed by atoms with Gasteiger partial charge >= 0.3 is 0 Å². The smallest absolute Gasteiger partial charge is 0.000793 e. The molecule has 0 aliphatic carbocycles. The molecule has 1 unspecified atom stereocenters. The summed E-state index contributed by atoms with van der Waals surface area (Å²) in [6, 6.07) is 8.54. The van der Waals surface area contributed by atoms with Crippen LogP contribution in [0.25, 0.3) is 0 Å². The molecule has 0 spiro atoms. The Hall–Kier alpha value is -1.04. The Morgan fingerprint density at radius 2 is 1.92 bits per heavy atom. The summed E-state index contributed by atoms with van der Waals surface area (Å²) in [4.78, 5) is 0. The van der Waals surface area contributed by atoms with Gasteiger partial charge in [-0.05, 0) is 30.9 Å². The quantitative estimate of drug-likeness (QED) is 0.579. The monoisotopic (exact) mass is 160 g/mol. The average Bonchev–Trinajstić information content (AvgIpc) is 2.05. The van der Waals surface area contributed by atoms with Crippen molar-refractivity contribution in [2.24, 2.45) is 0 Å². The molecule has 0 fully saturated rings. The van der Waals surface area contributed by atoms with Crippen molar-refractivity contribution in [2.45, 2.75) is 26.7 Å². The molecule has 1 aromatic carbocycles. The molecule has 0 N–H and O–H groups in total. The first-order valence-electron chi connectivity index (χ1n) is 4.44. The van der Waals surface area contributed by atoms with Gasteiger partial charge in [0.05, 0.1) is 0 Å². The first-order valence-corrected chi connectivity index (χ1v) is 4.44. The van der Waals surface area contributed by atoms with E-state index in [2.05, 4.69) is 57.2 Å². The van der Waals surface area contributed by atoms with Gasteiger partial charge in [-0.25, -0.2) is 0 Å². The Labute approximate surface area is 74.9 Å². The maximum Gasteiger partial charge on any atom is -0.000793 e. The van der Waals surface area contributed by atoms with Crippen LogP contribution in [0.3, 0.4) is 0 Å². The zero-order valence-electron chi connectivity index (χ0n) is 8.04. The van der Waals surface area contributed by atoms with Crippen molar-refractivity contribution in [3.8, 4) is 0 Å². The van der Waals surface area contributed by atoms with Gasteiger partial charge in [-0.1, -0.05) is 43.3 Å². The van der Waals surface area contributed by atoms with Gasteiger partial charge in [-0.15, -0.1) is 0 Å². The summed E-state index contributed by atoms with van der Waals surface area (Å²) in [5.74, 6) is 0.538. The number of hydrogen-bond donors (Lipinski definition) is 0. The van der Waals surface area contributed by atoms with Gasteiger partial charge in [0.1, 0.15) is 0 Å². The minimum atomic E-state index is 0.538. The van der Waals surface area contributed by atoms with E-state index in [9.17, 15) is 0 Å². The van der Waals surface area contributed by atoms with Gasteiger partial charge in [-0.2, -0.15) is 0 Å². The third-order valence-electron chi connectivity index (χ3n) is 2.16. The van der Waals surface area contributed by atoms with E-state index in [0.717, 1.165) is 0 Å². The molecular weight excluding hydrogens is 144 g/mol. The molecule has 0 heterocycles. The van der Waals surface area contributed by atoms with Gasteiger partial charge in [0.2, 0.25) is 0 Å². The van der Waals surface area contributed by atoms with Crippen LogP contribution in [-0.4, -0.2) is 0 Å². The van der Waals surface area contributed by atoms with E-state index >= 15 is 0 Å². The van der Waals surface area contributed by atoms with E-state index < -0.39 is 0 Å². The standard InChI is InChI=1S/C12H16/c1-4-7-10(2)12-9-6-5-8-11(12)3/h4-10H,1-3H3/b7-4-. The lowest BCUT2D eigenvalue weighted by Crippen LogP contribution is -1.91. The number of hydrogen-bond acceptors (Lipinski definition) is 0. The number of aryl methyl sites for hydroxylation is 1. The lowest BCUT2D eigenvalue weighted by atomic mass is 9.96. The van der Waals surface area contributed by atoms with Crippen molar-refractivity contribution in [3.63, 3.8) is 0 Å². The van der Waals surface area contributed by atoms with E-state index in [1.807, 2.05) is 0 Å². The molecule has 1 aromatic rings. The van der Waals surface area contributed by atoms with Gasteiger partial charge in [0, 0.05) is 0 Å². The second-order valence-electron chi connectivity index (χ2n) is 3.17. The highest BCUT2D eigenvalue weighted by molar-refractivity contribution is 5.31. The molecule has 1 atom stereocenters. The van der Waals surface area contributed by atoms with Crippen LogP contribution in [0, 0.1) is 6.92 Å². The van der Waals surface area contributed by atoms with E-state index in [0.29, 0.717) is 5.92 Å². The summed E-state index contributed by atoms with van der Waals surface area (Å²) in [7, 11) is 0. The van der Waals surface area contributed by atoms with Gasteiger partial charge in [-0.3, -0.25) is 0 Å². The fraction of sp³-hybridized carbons (Fsp3) is 0.333. The predicted molar refractivity (Wildman–Crippen MR) is 54.4 cm³/mol. The summed E-state index contributed by atoms with van der Waals surface area (Å²) in [5.41, 5.74) is 2.80. The third kappa shape index (κ3) is 1.97. The molecular formula is C12H16. The van der Waals surface area contributed by atoms with E-state index in [1.165, 1.54) is 11.1 Å². The lowest BCUT2D eigenvalue weighted by molar-refractivity contribution is 0.950. The molecule has 0 saturated heterocycles. The van der Waals surface area contributed by atoms with E-state index in [1.54, 1.807) is 0 Å². The van der Waals surface area contributed by atoms with Crippen LogP contribution in [-0.2, 0) is 0 Å². The van der Waals surface area contributed by atoms with Crippen molar-refractivity contribution < 1.29 is 0 Å². The molecule has 1 rings (SSSR count). The normalized spacial score (nSPS) is 13.6. The minimum absolute atomic E-state index is 0.538. The third-order valence-corrected chi connectivity index (χ3v) is 2.16. The second-order valence-corrected chi connectivity index (χ2v) is 3.17. The Bertz CT molecular complexity index is 271. The Morgan fingerprint density at radius 3 is 2.50 bits per heavy atom. The summed E-state index contributed by atoms with van der Waals surface area (Å²) in [6.07, 6.45) is 4.33. The molecule has 0 bridgehead atoms. The molecule has 0 aliphatic heterocycles. The Balaban J connectivity index is 2.94. The largest absolute Gasteiger partial charge is 0.0911 e. The maximum absolute atomic E-state index is 2.22. The molecule has 0 heteroatoms. The molecule has 0 radical (unpaired) electrons. The zero-order chi connectivity index (χ0) is 8.97. The molecule has 0 amide bonds. The Kier molecular flexibility index (Phi) is 3.09. The molecule has 0 saturated carbocycles. The van der Waals surface area contributed by atoms with Crippen molar-refractivity contribution in [1.82, 2.24) is 0 Å². The van der Waals surface area contributed by atoms with Crippen LogP contribution in [0.2, 0.25) is 0 Å². The van der Waals surface area contributed by atoms with Crippen LogP contribution >= 0.6 is 0 Å². The summed E-state index contributed by atoms with van der Waals surface area (Å²) in [5, 5.41) is 0. The first kappa shape index (κ1) is 9.05. The highest BCUT2D eigenvalue weighted by Crippen LogP contribution is 2.19. The lowest BCUT2D eigenvalue weighted by Gasteiger charge is -2.09. The van der Waals surface area contributed by atoms with Gasteiger partial charge < -0.3 is 0 Å². The van der Waals surface area contributed by atoms with E-state index in [-0.39, 0.29) is 0 Å². The highest BCUT2D eigenvalue weighted by Gasteiger charge is 2.02. The van der Waals surface area contributed by atoms with Crippen LogP contribution in [0.5, 0.6) is 0 Å². The summed E-state index contributed by atoms with van der Waals surface area (Å²) < 4.78 is 0. The van der Waals surface area contributed by atoms with Crippen molar-refractivity contribution >= 4 is 0 Å². The highest BCUT2D eigenvalue weighted by atomic mass is 14.1. The predicted octanol–water partition coefficient (Wildman–Crippen LogP) is 3.67. The van der Waals surface area contributed by atoms with E-state index in [4.69, 9.17) is 0 Å². The van der Waals surface area contributed by atoms with Crippen LogP contribution in [0.4, 0.5) is 0 Å². The second kappa shape index (κ2) is 4.10. The number of allylic oxidation sites excluding steroid dienone is 2.